The Morgan fingerprint density at radius 3 is 2.72 bits per heavy atom. The van der Waals surface area contributed by atoms with Crippen LogP contribution in [0.15, 0.2) is 60.0 Å². The van der Waals surface area contributed by atoms with Gasteiger partial charge in [-0.1, -0.05) is 24.3 Å². The number of allylic oxidation sites excluding steroid dienone is 1. The summed E-state index contributed by atoms with van der Waals surface area (Å²) < 4.78 is 11.1. The minimum absolute atomic E-state index is 0.0153. The summed E-state index contributed by atoms with van der Waals surface area (Å²) >= 11 is 1.72. The van der Waals surface area contributed by atoms with E-state index in [4.69, 9.17) is 20.9 Å². The zero-order valence-electron chi connectivity index (χ0n) is 20.3. The maximum atomic E-state index is 13.4. The predicted octanol–water partition coefficient (Wildman–Crippen LogP) is 3.70. The first-order valence-corrected chi connectivity index (χ1v) is 12.6. The number of ketones is 1. The summed E-state index contributed by atoms with van der Waals surface area (Å²) in [6.07, 6.45) is 9.04. The average Bonchev–Trinajstić information content (AvgIpc) is 2.89. The Morgan fingerprint density at radius 1 is 1.19 bits per heavy atom. The number of ether oxygens (including phenoxy) is 2. The lowest BCUT2D eigenvalue weighted by atomic mass is 9.99. The van der Waals surface area contributed by atoms with E-state index < -0.39 is 0 Å². The molecule has 186 valence electrons. The van der Waals surface area contributed by atoms with Crippen LogP contribution in [0.3, 0.4) is 0 Å². The number of methoxy groups -OCH3 is 2. The van der Waals surface area contributed by atoms with Gasteiger partial charge in [-0.05, 0) is 35.1 Å². The molecule has 0 saturated heterocycles. The summed E-state index contributed by atoms with van der Waals surface area (Å²) in [5.41, 5.74) is 15.7. The Hall–Kier alpha value is -4.05. The molecule has 3 aromatic rings. The van der Waals surface area contributed by atoms with Gasteiger partial charge in [-0.15, -0.1) is 0 Å². The zero-order valence-corrected chi connectivity index (χ0v) is 21.2. The lowest BCUT2D eigenvalue weighted by Gasteiger charge is -2.30. The van der Waals surface area contributed by atoms with E-state index >= 15 is 0 Å². The van der Waals surface area contributed by atoms with E-state index in [1.807, 2.05) is 29.4 Å². The molecule has 1 aliphatic heterocycles. The van der Waals surface area contributed by atoms with E-state index in [0.29, 0.717) is 29.0 Å². The van der Waals surface area contributed by atoms with Gasteiger partial charge < -0.3 is 20.9 Å². The average molecular weight is 505 g/mol. The van der Waals surface area contributed by atoms with Crippen LogP contribution in [-0.2, 0) is 6.42 Å². The zero-order chi connectivity index (χ0) is 25.7. The summed E-state index contributed by atoms with van der Waals surface area (Å²) in [6.45, 7) is 0. The maximum absolute atomic E-state index is 13.4. The second-order valence-corrected chi connectivity index (χ2v) is 9.01. The van der Waals surface area contributed by atoms with Crippen molar-refractivity contribution in [2.24, 2.45) is 5.10 Å². The second-order valence-electron chi connectivity index (χ2n) is 8.10. The third kappa shape index (κ3) is 5.28. The normalized spacial score (nSPS) is 14.6. The molecule has 4 rings (SSSR count). The van der Waals surface area contributed by atoms with Crippen LogP contribution >= 0.6 is 11.8 Å². The molecule has 1 unspecified atom stereocenters. The fraction of sp³-hybridized carbons (Fsp3) is 0.231. The van der Waals surface area contributed by atoms with Crippen molar-refractivity contribution in [2.75, 3.05) is 37.7 Å². The Kier molecular flexibility index (Phi) is 7.74. The molecule has 36 heavy (non-hydrogen) atoms. The molecule has 0 saturated carbocycles. The number of nitrogens with zero attached hydrogens (tertiary/aromatic N) is 4. The van der Waals surface area contributed by atoms with Gasteiger partial charge in [-0.2, -0.15) is 21.8 Å². The molecule has 0 amide bonds. The molecule has 4 N–H and O–H groups in total. The van der Waals surface area contributed by atoms with Crippen LogP contribution in [0.5, 0.6) is 11.5 Å². The van der Waals surface area contributed by atoms with E-state index in [9.17, 15) is 4.79 Å². The van der Waals surface area contributed by atoms with Crippen LogP contribution in [0.4, 0.5) is 11.8 Å². The van der Waals surface area contributed by atoms with Gasteiger partial charge in [-0.3, -0.25) is 9.80 Å². The third-order valence-electron chi connectivity index (χ3n) is 5.82. The van der Waals surface area contributed by atoms with Gasteiger partial charge in [0.15, 0.2) is 17.3 Å². The SMILES string of the molecule is COc1cc(Cc2cnc(N)nc2N)cc(C(=O)C=CN2N=Cc3ccccc3C2CSC)c1OC. The van der Waals surface area contributed by atoms with E-state index in [0.717, 1.165) is 16.9 Å². The van der Waals surface area contributed by atoms with Gasteiger partial charge in [0.25, 0.3) is 0 Å². The number of carbonyl (C=O) groups excluding carboxylic acids is 1. The summed E-state index contributed by atoms with van der Waals surface area (Å²) in [5.74, 6) is 1.76. The van der Waals surface area contributed by atoms with Gasteiger partial charge >= 0.3 is 0 Å². The molecule has 0 bridgehead atoms. The maximum Gasteiger partial charge on any atom is 0.221 e. The predicted molar refractivity (Wildman–Crippen MR) is 144 cm³/mol. The summed E-state index contributed by atoms with van der Waals surface area (Å²) in [7, 11) is 3.03. The molecule has 10 heteroatoms. The number of nitrogen functional groups attached to an aromatic ring is 2. The monoisotopic (exact) mass is 504 g/mol. The third-order valence-corrected chi connectivity index (χ3v) is 6.47. The van der Waals surface area contributed by atoms with E-state index in [1.54, 1.807) is 36.3 Å². The number of anilines is 2. The minimum Gasteiger partial charge on any atom is -0.493 e. The molecule has 0 radical (unpaired) electrons. The van der Waals surface area contributed by atoms with Gasteiger partial charge in [0.2, 0.25) is 5.95 Å². The number of aromatic nitrogens is 2. The topological polar surface area (TPSA) is 129 Å². The molecule has 9 nitrogen and oxygen atoms in total. The number of nitrogens with two attached hydrogens (primary N) is 2. The minimum atomic E-state index is -0.245. The first kappa shape index (κ1) is 25.1. The van der Waals surface area contributed by atoms with Gasteiger partial charge in [0.05, 0.1) is 32.0 Å². The molecule has 1 aromatic heterocycles. The number of hydrazone groups is 1. The molecule has 2 heterocycles. The molecule has 0 spiro atoms. The van der Waals surface area contributed by atoms with Crippen LogP contribution in [0.25, 0.3) is 0 Å². The van der Waals surface area contributed by atoms with Gasteiger partial charge in [-0.25, -0.2) is 4.98 Å². The molecule has 2 aromatic carbocycles. The highest BCUT2D eigenvalue weighted by atomic mass is 32.2. The molecule has 1 aliphatic rings. The number of hydrogen-bond donors (Lipinski definition) is 2. The highest BCUT2D eigenvalue weighted by Gasteiger charge is 2.24. The second kappa shape index (κ2) is 11.1. The van der Waals surface area contributed by atoms with E-state index in [2.05, 4.69) is 27.4 Å². The van der Waals surface area contributed by atoms with Crippen LogP contribution in [0.1, 0.15) is 38.7 Å². The van der Waals surface area contributed by atoms with Crippen molar-refractivity contribution in [2.45, 2.75) is 12.5 Å². The van der Waals surface area contributed by atoms with Crippen molar-refractivity contribution >= 4 is 35.5 Å². The molecule has 0 fully saturated rings. The highest BCUT2D eigenvalue weighted by Crippen LogP contribution is 2.35. The first-order valence-electron chi connectivity index (χ1n) is 11.2. The van der Waals surface area contributed by atoms with Gasteiger partial charge in [0.1, 0.15) is 5.82 Å². The van der Waals surface area contributed by atoms with Crippen molar-refractivity contribution in [3.05, 3.63) is 82.7 Å². The molecular weight excluding hydrogens is 476 g/mol. The summed E-state index contributed by atoms with van der Waals surface area (Å²) in [6, 6.07) is 11.7. The van der Waals surface area contributed by atoms with Crippen LogP contribution in [0.2, 0.25) is 0 Å². The standard InChI is InChI=1S/C26H28N6O3S/c1-34-23-12-16(10-18-13-29-26(28)31-25(18)27)11-20(24(23)35-2)22(33)8-9-32-21(15-36-3)19-7-5-4-6-17(19)14-30-32/h4-9,11-14,21H,10,15H2,1-3H3,(H4,27,28,29,31). The fourth-order valence-electron chi connectivity index (χ4n) is 4.08. The summed E-state index contributed by atoms with van der Waals surface area (Å²) in [5, 5.41) is 6.38. The largest absolute Gasteiger partial charge is 0.493 e. The number of hydrogen-bond acceptors (Lipinski definition) is 10. The fourth-order valence-corrected chi connectivity index (χ4v) is 4.73. The number of thioether (sulfide) groups is 1. The number of carbonyl (C=O) groups is 1. The smallest absolute Gasteiger partial charge is 0.221 e. The van der Waals surface area contributed by atoms with Crippen LogP contribution < -0.4 is 20.9 Å². The van der Waals surface area contributed by atoms with E-state index in [-0.39, 0.29) is 23.6 Å². The van der Waals surface area contributed by atoms with Crippen molar-refractivity contribution in [1.82, 2.24) is 15.0 Å². The summed E-state index contributed by atoms with van der Waals surface area (Å²) in [4.78, 5) is 21.4. The Labute approximate surface area is 214 Å². The Morgan fingerprint density at radius 2 is 2.00 bits per heavy atom. The molecule has 0 aliphatic carbocycles. The van der Waals surface area contributed by atoms with Gasteiger partial charge in [0, 0.05) is 36.2 Å². The van der Waals surface area contributed by atoms with Crippen molar-refractivity contribution in [3.63, 3.8) is 0 Å². The van der Waals surface area contributed by atoms with Crippen LogP contribution in [-0.4, -0.2) is 53.2 Å². The molecule has 1 atom stereocenters. The Balaban J connectivity index is 1.65. The number of fused-ring (bicyclic) bond motifs is 1. The number of benzene rings is 2. The first-order chi connectivity index (χ1) is 17.4. The Bertz CT molecular complexity index is 1330. The van der Waals surface area contributed by atoms with Crippen molar-refractivity contribution < 1.29 is 14.3 Å². The highest BCUT2D eigenvalue weighted by molar-refractivity contribution is 7.98. The van der Waals surface area contributed by atoms with Crippen molar-refractivity contribution in [1.29, 1.82) is 0 Å². The lowest BCUT2D eigenvalue weighted by Crippen LogP contribution is -2.25. The lowest BCUT2D eigenvalue weighted by molar-refractivity contribution is 0.104. The van der Waals surface area contributed by atoms with Crippen LogP contribution in [0, 0.1) is 0 Å². The number of rotatable bonds is 9. The molecular formula is C26H28N6O3S. The van der Waals surface area contributed by atoms with E-state index in [1.165, 1.54) is 25.9 Å². The van der Waals surface area contributed by atoms with Crippen molar-refractivity contribution in [3.8, 4) is 11.5 Å². The quantitative estimate of drug-likeness (QED) is 0.331.